The summed E-state index contributed by atoms with van der Waals surface area (Å²) in [6, 6.07) is 16.4. The summed E-state index contributed by atoms with van der Waals surface area (Å²) in [5, 5.41) is 17.7. The zero-order valence-electron chi connectivity index (χ0n) is 19.1. The molecule has 10 heteroatoms. The maximum atomic E-state index is 14.4. The molecule has 4 aromatic rings. The summed E-state index contributed by atoms with van der Waals surface area (Å²) >= 11 is 0. The Labute approximate surface area is 204 Å². The summed E-state index contributed by atoms with van der Waals surface area (Å²) in [6.45, 7) is 1.21. The van der Waals surface area contributed by atoms with Gasteiger partial charge in [0, 0.05) is 24.0 Å². The second-order valence-electron chi connectivity index (χ2n) is 8.21. The summed E-state index contributed by atoms with van der Waals surface area (Å²) in [6.07, 6.45) is -4.68. The van der Waals surface area contributed by atoms with Crippen LogP contribution in [-0.2, 0) is 17.5 Å². The number of aromatic nitrogens is 2. The first-order valence-electron chi connectivity index (χ1n) is 11.0. The van der Waals surface area contributed by atoms with Gasteiger partial charge >= 0.3 is 6.18 Å². The normalized spacial score (nSPS) is 13.4. The molecule has 36 heavy (non-hydrogen) atoms. The Morgan fingerprint density at radius 3 is 2.44 bits per heavy atom. The Morgan fingerprint density at radius 1 is 1.03 bits per heavy atom. The summed E-state index contributed by atoms with van der Waals surface area (Å²) in [5.41, 5.74) is -0.106. The number of nitrogens with zero attached hydrogens (tertiary/aromatic N) is 2. The van der Waals surface area contributed by atoms with Crippen molar-refractivity contribution in [3.05, 3.63) is 90.1 Å². The molecule has 6 nitrogen and oxygen atoms in total. The van der Waals surface area contributed by atoms with Crippen LogP contribution >= 0.6 is 0 Å². The Balaban J connectivity index is 1.48. The van der Waals surface area contributed by atoms with Crippen molar-refractivity contribution in [1.82, 2.24) is 15.3 Å². The van der Waals surface area contributed by atoms with Crippen molar-refractivity contribution in [2.24, 2.45) is 0 Å². The van der Waals surface area contributed by atoms with Crippen LogP contribution in [0.1, 0.15) is 18.3 Å². The minimum absolute atomic E-state index is 0.0726. The molecular formula is C26H22F4N4O2. The average molecular weight is 498 g/mol. The van der Waals surface area contributed by atoms with Gasteiger partial charge in [-0.2, -0.15) is 13.2 Å². The molecule has 3 N–H and O–H groups in total. The number of hydrogen-bond acceptors (Lipinski definition) is 5. The van der Waals surface area contributed by atoms with Crippen LogP contribution in [0.15, 0.2) is 72.9 Å². The van der Waals surface area contributed by atoms with Crippen molar-refractivity contribution in [2.75, 3.05) is 5.32 Å². The van der Waals surface area contributed by atoms with Crippen molar-refractivity contribution in [1.29, 1.82) is 0 Å². The molecule has 0 aliphatic carbocycles. The number of hydrogen-bond donors (Lipinski definition) is 3. The molecule has 2 aromatic heterocycles. The van der Waals surface area contributed by atoms with Gasteiger partial charge in [-0.1, -0.05) is 30.3 Å². The highest BCUT2D eigenvalue weighted by Crippen LogP contribution is 2.29. The number of fused-ring (bicyclic) bond motifs is 1. The summed E-state index contributed by atoms with van der Waals surface area (Å²) in [4.78, 5) is 20.4. The van der Waals surface area contributed by atoms with E-state index < -0.39 is 35.7 Å². The molecule has 2 atom stereocenters. The molecule has 0 saturated carbocycles. The van der Waals surface area contributed by atoms with E-state index in [2.05, 4.69) is 20.6 Å². The van der Waals surface area contributed by atoms with Crippen LogP contribution in [0, 0.1) is 5.82 Å². The molecule has 2 heterocycles. The lowest BCUT2D eigenvalue weighted by Crippen LogP contribution is -2.47. The number of pyridine rings is 2. The second-order valence-corrected chi connectivity index (χ2v) is 8.21. The minimum atomic E-state index is -4.58. The van der Waals surface area contributed by atoms with Crippen LogP contribution in [0.4, 0.5) is 23.2 Å². The highest BCUT2D eigenvalue weighted by atomic mass is 19.4. The first-order chi connectivity index (χ1) is 17.1. The Kier molecular flexibility index (Phi) is 7.27. The van der Waals surface area contributed by atoms with Gasteiger partial charge in [0.15, 0.2) is 0 Å². The van der Waals surface area contributed by atoms with Gasteiger partial charge in [-0.15, -0.1) is 0 Å². The Morgan fingerprint density at radius 2 is 1.78 bits per heavy atom. The molecule has 0 saturated heterocycles. The van der Waals surface area contributed by atoms with E-state index in [4.69, 9.17) is 0 Å². The van der Waals surface area contributed by atoms with E-state index in [-0.39, 0.29) is 23.5 Å². The van der Waals surface area contributed by atoms with Gasteiger partial charge in [0.05, 0.1) is 17.5 Å². The first-order valence-corrected chi connectivity index (χ1v) is 11.0. The molecule has 4 rings (SSSR count). The second kappa shape index (κ2) is 10.4. The number of aliphatic hydroxyl groups excluding tert-OH is 1. The zero-order valence-corrected chi connectivity index (χ0v) is 19.1. The van der Waals surface area contributed by atoms with E-state index in [0.29, 0.717) is 5.69 Å². The van der Waals surface area contributed by atoms with E-state index in [1.807, 2.05) is 30.3 Å². The quantitative estimate of drug-likeness (QED) is 0.315. The van der Waals surface area contributed by atoms with Gasteiger partial charge < -0.3 is 10.4 Å². The number of halogens is 4. The fourth-order valence-corrected chi connectivity index (χ4v) is 3.66. The number of alkyl halides is 3. The standard InChI is InChI=1S/C26H22F4N4O2/c1-15(35)24(25(36)33-19-8-6-16-4-2-3-5-17(16)12-19)32-14-22-20(27)9-10-21(34-22)18-7-11-23(31-13-18)26(28,29)30/h2-13,15,24,32,35H,14H2,1H3,(H,33,36)/t15-,24+/m1/s1. The van der Waals surface area contributed by atoms with Crippen LogP contribution in [0.3, 0.4) is 0 Å². The van der Waals surface area contributed by atoms with Gasteiger partial charge in [-0.25, -0.2) is 9.37 Å². The molecule has 0 bridgehead atoms. The van der Waals surface area contributed by atoms with Crippen LogP contribution in [0.2, 0.25) is 0 Å². The number of carbonyl (C=O) groups excluding carboxylic acids is 1. The Hall–Kier alpha value is -3.89. The van der Waals surface area contributed by atoms with Gasteiger partial charge in [0.25, 0.3) is 0 Å². The number of benzene rings is 2. The van der Waals surface area contributed by atoms with Gasteiger partial charge in [-0.3, -0.25) is 15.1 Å². The van der Waals surface area contributed by atoms with E-state index in [9.17, 15) is 27.5 Å². The maximum Gasteiger partial charge on any atom is 0.433 e. The van der Waals surface area contributed by atoms with E-state index in [1.165, 1.54) is 19.1 Å². The highest BCUT2D eigenvalue weighted by molar-refractivity contribution is 5.97. The molecule has 1 amide bonds. The van der Waals surface area contributed by atoms with Crippen molar-refractivity contribution >= 4 is 22.4 Å². The third-order valence-electron chi connectivity index (χ3n) is 5.54. The minimum Gasteiger partial charge on any atom is -0.391 e. The molecule has 0 aliphatic heterocycles. The number of amides is 1. The van der Waals surface area contributed by atoms with Crippen molar-refractivity contribution in [3.8, 4) is 11.3 Å². The fourth-order valence-electron chi connectivity index (χ4n) is 3.66. The predicted molar refractivity (Wildman–Crippen MR) is 127 cm³/mol. The van der Waals surface area contributed by atoms with Crippen LogP contribution in [-0.4, -0.2) is 33.1 Å². The molecule has 0 unspecified atom stereocenters. The van der Waals surface area contributed by atoms with Crippen LogP contribution in [0.5, 0.6) is 0 Å². The number of nitrogens with one attached hydrogen (secondary N) is 2. The molecule has 0 spiro atoms. The lowest BCUT2D eigenvalue weighted by molar-refractivity contribution is -0.141. The summed E-state index contributed by atoms with van der Waals surface area (Å²) in [5.74, 6) is -1.20. The van der Waals surface area contributed by atoms with E-state index >= 15 is 0 Å². The summed E-state index contributed by atoms with van der Waals surface area (Å²) in [7, 11) is 0. The van der Waals surface area contributed by atoms with Crippen LogP contribution in [0.25, 0.3) is 22.0 Å². The zero-order chi connectivity index (χ0) is 25.9. The number of aliphatic hydroxyl groups is 1. The summed E-state index contributed by atoms with van der Waals surface area (Å²) < 4.78 is 52.7. The molecule has 2 aromatic carbocycles. The largest absolute Gasteiger partial charge is 0.433 e. The number of anilines is 1. The number of carbonyl (C=O) groups is 1. The molecule has 0 radical (unpaired) electrons. The third kappa shape index (κ3) is 5.84. The smallest absolute Gasteiger partial charge is 0.391 e. The molecular weight excluding hydrogens is 476 g/mol. The average Bonchev–Trinajstić information content (AvgIpc) is 2.84. The topological polar surface area (TPSA) is 87.1 Å². The van der Waals surface area contributed by atoms with Gasteiger partial charge in [0.1, 0.15) is 17.6 Å². The molecule has 0 fully saturated rings. The van der Waals surface area contributed by atoms with Gasteiger partial charge in [0.2, 0.25) is 5.91 Å². The predicted octanol–water partition coefficient (Wildman–Crippen LogP) is 4.93. The lowest BCUT2D eigenvalue weighted by atomic mass is 10.1. The van der Waals surface area contributed by atoms with Crippen molar-refractivity contribution < 1.29 is 27.5 Å². The highest BCUT2D eigenvalue weighted by Gasteiger charge is 2.32. The van der Waals surface area contributed by atoms with E-state index in [0.717, 1.165) is 29.1 Å². The van der Waals surface area contributed by atoms with Crippen LogP contribution < -0.4 is 10.6 Å². The first kappa shape index (κ1) is 25.2. The fraction of sp³-hybridized carbons (Fsp3) is 0.192. The molecule has 0 aliphatic rings. The third-order valence-corrected chi connectivity index (χ3v) is 5.54. The van der Waals surface area contributed by atoms with Crippen molar-refractivity contribution in [3.63, 3.8) is 0 Å². The lowest BCUT2D eigenvalue weighted by Gasteiger charge is -2.21. The van der Waals surface area contributed by atoms with E-state index in [1.54, 1.807) is 12.1 Å². The SMILES string of the molecule is C[C@@H](O)[C@H](NCc1nc(-c2ccc(C(F)(F)F)nc2)ccc1F)C(=O)Nc1ccc2ccccc2c1. The number of rotatable bonds is 7. The van der Waals surface area contributed by atoms with Crippen molar-refractivity contribution in [2.45, 2.75) is 31.8 Å². The van der Waals surface area contributed by atoms with Gasteiger partial charge in [-0.05, 0) is 54.1 Å². The molecule has 186 valence electrons. The monoisotopic (exact) mass is 498 g/mol. The Bertz CT molecular complexity index is 1370. The maximum absolute atomic E-state index is 14.4.